The molecule has 0 aliphatic carbocycles. The lowest BCUT2D eigenvalue weighted by atomic mass is 9.87. The Hall–Kier alpha value is -6.49. The van der Waals surface area contributed by atoms with Gasteiger partial charge in [0, 0.05) is 29.0 Å². The van der Waals surface area contributed by atoms with Crippen LogP contribution >= 0.6 is 11.6 Å². The number of aromatic amines is 2. The van der Waals surface area contributed by atoms with Gasteiger partial charge in [-0.05, 0) is 84.0 Å². The van der Waals surface area contributed by atoms with E-state index in [1.165, 1.54) is 30.6 Å². The Labute approximate surface area is 342 Å². The van der Waals surface area contributed by atoms with Gasteiger partial charge in [-0.1, -0.05) is 78.3 Å². The third kappa shape index (κ3) is 12.8. The van der Waals surface area contributed by atoms with E-state index in [1.54, 1.807) is 48.5 Å². The monoisotopic (exact) mass is 826 g/mol. The molecule has 0 unspecified atom stereocenters. The number of hydrogen-bond acceptors (Lipinski definition) is 10. The van der Waals surface area contributed by atoms with Gasteiger partial charge < -0.3 is 21.7 Å². The van der Waals surface area contributed by atoms with Crippen LogP contribution in [0.5, 0.6) is 0 Å². The third-order valence-corrected chi connectivity index (χ3v) is 9.77. The standard InChI is InChI=1S/C21H20ClFN4O3.C21H21FN4O3/c22-15-5-6-17(23)16(10-15)14-3-1-12(2-4-14)7-13(8-18(24)21(29)30)9-20(28)19-11-25-27-26-19;22-17-4-2-1-3-16(17)15-7-5-13(6-8-15)9-14(10-18(23)21(28)29)11-20(27)19-12-24-26-25-19/h1-6,10-11,13,18H,7-9,24H2,(H,29,30)(H,25,26,27);1-8,12,14,18H,9-11,23H2,(H,28,29)(H,24,25,26)/t13-,18-;14-,18-/m11/s1. The molecule has 2 aromatic heterocycles. The Morgan fingerprint density at radius 1 is 0.627 bits per heavy atom. The van der Waals surface area contributed by atoms with Gasteiger partial charge in [0.2, 0.25) is 0 Å². The number of aromatic nitrogens is 6. The number of nitrogens with one attached hydrogen (secondary N) is 2. The van der Waals surface area contributed by atoms with Gasteiger partial charge in [0.05, 0.1) is 12.4 Å². The summed E-state index contributed by atoms with van der Waals surface area (Å²) in [4.78, 5) is 47.1. The summed E-state index contributed by atoms with van der Waals surface area (Å²) in [6.45, 7) is 0. The van der Waals surface area contributed by atoms with Crippen molar-refractivity contribution < 1.29 is 38.2 Å². The predicted octanol–water partition coefficient (Wildman–Crippen LogP) is 6.34. The number of aliphatic carboxylic acids is 2. The molecule has 0 saturated heterocycles. The van der Waals surface area contributed by atoms with E-state index in [0.717, 1.165) is 16.7 Å². The van der Waals surface area contributed by atoms with E-state index >= 15 is 0 Å². The molecule has 6 rings (SSSR count). The number of carboxylic acids is 2. The SMILES string of the molecule is N[C@H](C[C@H](CC(=O)c1cn[nH]n1)Cc1ccc(-c2cc(Cl)ccc2F)cc1)C(=O)O.N[C@H](C[C@H](CC(=O)c1cn[nH]n1)Cc1ccc(-c2ccccc2F)cc1)C(=O)O. The zero-order valence-electron chi connectivity index (χ0n) is 31.5. The van der Waals surface area contributed by atoms with Crippen molar-refractivity contribution >= 4 is 35.1 Å². The van der Waals surface area contributed by atoms with Crippen LogP contribution in [0.4, 0.5) is 8.78 Å². The Balaban J connectivity index is 0.000000224. The molecule has 0 aliphatic rings. The Kier molecular flexibility index (Phi) is 15.4. The number of rotatable bonds is 18. The number of nitrogens with two attached hydrogens (primary N) is 2. The molecule has 0 aliphatic heterocycles. The molecule has 0 saturated carbocycles. The van der Waals surface area contributed by atoms with E-state index in [2.05, 4.69) is 30.8 Å². The lowest BCUT2D eigenvalue weighted by Gasteiger charge is -2.18. The number of Topliss-reactive ketones (excluding diaryl/α,β-unsaturated/α-hetero) is 2. The highest BCUT2D eigenvalue weighted by Crippen LogP contribution is 2.28. The topological polar surface area (TPSA) is 244 Å². The fraction of sp³-hybridized carbons (Fsp3) is 0.238. The molecule has 14 nitrogen and oxygen atoms in total. The van der Waals surface area contributed by atoms with Gasteiger partial charge in [-0.3, -0.25) is 19.2 Å². The van der Waals surface area contributed by atoms with E-state index in [9.17, 15) is 28.0 Å². The first-order chi connectivity index (χ1) is 28.3. The van der Waals surface area contributed by atoms with Crippen molar-refractivity contribution in [2.45, 2.75) is 50.6 Å². The summed E-state index contributed by atoms with van der Waals surface area (Å²) >= 11 is 5.96. The van der Waals surface area contributed by atoms with Gasteiger partial charge in [-0.25, -0.2) is 8.78 Å². The highest BCUT2D eigenvalue weighted by molar-refractivity contribution is 6.30. The number of nitrogens with zero attached hydrogens (tertiary/aromatic N) is 4. The van der Waals surface area contributed by atoms with Crippen molar-refractivity contribution in [3.63, 3.8) is 0 Å². The number of H-pyrrole nitrogens is 2. The molecule has 6 aromatic rings. The first kappa shape index (κ1) is 43.6. The molecule has 4 atom stereocenters. The average molecular weight is 827 g/mol. The molecule has 8 N–H and O–H groups in total. The summed E-state index contributed by atoms with van der Waals surface area (Å²) in [5.74, 6) is -3.99. The van der Waals surface area contributed by atoms with Gasteiger partial charge in [-0.2, -0.15) is 30.8 Å². The second kappa shape index (κ2) is 20.8. The number of carboxylic acid groups (broad SMARTS) is 2. The fourth-order valence-electron chi connectivity index (χ4n) is 6.52. The first-order valence-corrected chi connectivity index (χ1v) is 18.8. The lowest BCUT2D eigenvalue weighted by molar-refractivity contribution is -0.139. The predicted molar refractivity (Wildman–Crippen MR) is 214 cm³/mol. The number of carbonyl (C=O) groups excluding carboxylic acids is 2. The van der Waals surface area contributed by atoms with Gasteiger partial charge in [0.25, 0.3) is 0 Å². The molecule has 0 amide bonds. The van der Waals surface area contributed by atoms with E-state index in [0.29, 0.717) is 34.6 Å². The summed E-state index contributed by atoms with van der Waals surface area (Å²) in [6.07, 6.45) is 4.01. The number of carbonyl (C=O) groups is 4. The highest BCUT2D eigenvalue weighted by atomic mass is 35.5. The van der Waals surface area contributed by atoms with Crippen LogP contribution in [-0.4, -0.2) is 76.6 Å². The maximum atomic E-state index is 14.1. The largest absolute Gasteiger partial charge is 0.480 e. The van der Waals surface area contributed by atoms with Crippen molar-refractivity contribution in [2.75, 3.05) is 0 Å². The van der Waals surface area contributed by atoms with Gasteiger partial charge in [0.1, 0.15) is 35.1 Å². The Morgan fingerprint density at radius 3 is 1.49 bits per heavy atom. The molecule has 4 aromatic carbocycles. The zero-order valence-corrected chi connectivity index (χ0v) is 32.2. The maximum absolute atomic E-state index is 14.1. The van der Waals surface area contributed by atoms with Crippen LogP contribution in [-0.2, 0) is 22.4 Å². The maximum Gasteiger partial charge on any atom is 0.320 e. The van der Waals surface area contributed by atoms with Crippen LogP contribution in [0.1, 0.15) is 57.8 Å². The quantitative estimate of drug-likeness (QED) is 0.0520. The molecular weight excluding hydrogens is 786 g/mol. The molecule has 0 fully saturated rings. The normalized spacial score (nSPS) is 13.0. The van der Waals surface area contributed by atoms with E-state index < -0.39 is 24.0 Å². The van der Waals surface area contributed by atoms with Gasteiger partial charge in [-0.15, -0.1) is 0 Å². The molecule has 59 heavy (non-hydrogen) atoms. The summed E-state index contributed by atoms with van der Waals surface area (Å²) in [7, 11) is 0. The van der Waals surface area contributed by atoms with Crippen LogP contribution in [0, 0.1) is 23.5 Å². The van der Waals surface area contributed by atoms with Crippen molar-refractivity contribution in [3.8, 4) is 22.3 Å². The lowest BCUT2D eigenvalue weighted by Crippen LogP contribution is -2.33. The molecular formula is C42H41ClF2N8O6. The highest BCUT2D eigenvalue weighted by Gasteiger charge is 2.25. The minimum Gasteiger partial charge on any atom is -0.480 e. The smallest absolute Gasteiger partial charge is 0.320 e. The van der Waals surface area contributed by atoms with Crippen molar-refractivity contribution in [2.24, 2.45) is 23.3 Å². The minimum absolute atomic E-state index is 0.0815. The van der Waals surface area contributed by atoms with E-state index in [4.69, 9.17) is 33.3 Å². The second-order valence-electron chi connectivity index (χ2n) is 14.0. The van der Waals surface area contributed by atoms with Gasteiger partial charge in [0.15, 0.2) is 11.6 Å². The first-order valence-electron chi connectivity index (χ1n) is 18.4. The van der Waals surface area contributed by atoms with Crippen molar-refractivity contribution in [1.82, 2.24) is 30.8 Å². The Bertz CT molecular complexity index is 2330. The van der Waals surface area contributed by atoms with E-state index in [-0.39, 0.29) is 72.1 Å². The van der Waals surface area contributed by atoms with Crippen molar-refractivity contribution in [1.29, 1.82) is 0 Å². The molecule has 0 bridgehead atoms. The molecule has 17 heteroatoms. The number of hydrogen-bond donors (Lipinski definition) is 6. The fourth-order valence-corrected chi connectivity index (χ4v) is 6.70. The number of benzene rings is 4. The summed E-state index contributed by atoms with van der Waals surface area (Å²) < 4.78 is 28.0. The number of halogens is 3. The van der Waals surface area contributed by atoms with Crippen LogP contribution in [0.3, 0.4) is 0 Å². The molecule has 0 radical (unpaired) electrons. The average Bonchev–Trinajstić information content (AvgIpc) is 3.96. The summed E-state index contributed by atoms with van der Waals surface area (Å²) in [5.41, 5.74) is 15.9. The van der Waals surface area contributed by atoms with Crippen molar-refractivity contribution in [3.05, 3.63) is 143 Å². The van der Waals surface area contributed by atoms with Gasteiger partial charge >= 0.3 is 11.9 Å². The third-order valence-electron chi connectivity index (χ3n) is 9.54. The van der Waals surface area contributed by atoms with Crippen LogP contribution in [0.15, 0.2) is 103 Å². The molecule has 306 valence electrons. The zero-order chi connectivity index (χ0) is 42.5. The molecule has 0 spiro atoms. The minimum atomic E-state index is -1.12. The number of ketones is 2. The molecule has 2 heterocycles. The van der Waals surface area contributed by atoms with Crippen LogP contribution < -0.4 is 11.5 Å². The van der Waals surface area contributed by atoms with Crippen LogP contribution in [0.2, 0.25) is 5.02 Å². The second-order valence-corrected chi connectivity index (χ2v) is 14.4. The van der Waals surface area contributed by atoms with Crippen LogP contribution in [0.25, 0.3) is 22.3 Å². The summed E-state index contributed by atoms with van der Waals surface area (Å²) in [5, 5.41) is 38.3. The summed E-state index contributed by atoms with van der Waals surface area (Å²) in [6, 6.07) is 23.2. The van der Waals surface area contributed by atoms with E-state index in [1.807, 2.05) is 24.3 Å². The Morgan fingerprint density at radius 2 is 1.07 bits per heavy atom.